The summed E-state index contributed by atoms with van der Waals surface area (Å²) in [6.07, 6.45) is 4.16. The zero-order valence-corrected chi connectivity index (χ0v) is 12.0. The number of halogens is 1. The normalized spacial score (nSPS) is 16.0. The first kappa shape index (κ1) is 13.7. The largest absolute Gasteiger partial charge is 0.423 e. The minimum Gasteiger partial charge on any atom is -0.423 e. The number of hydrogen-bond acceptors (Lipinski definition) is 2. The van der Waals surface area contributed by atoms with Gasteiger partial charge in [0.1, 0.15) is 5.76 Å². The van der Waals surface area contributed by atoms with Gasteiger partial charge in [-0.15, -0.1) is 0 Å². The van der Waals surface area contributed by atoms with Gasteiger partial charge in [-0.25, -0.2) is 4.79 Å². The quantitative estimate of drug-likeness (QED) is 0.784. The van der Waals surface area contributed by atoms with Crippen LogP contribution in [0.5, 0.6) is 0 Å². The summed E-state index contributed by atoms with van der Waals surface area (Å²) < 4.78 is 5.28. The van der Waals surface area contributed by atoms with E-state index in [1.165, 1.54) is 0 Å². The summed E-state index contributed by atoms with van der Waals surface area (Å²) in [5.74, 6) is 0.278. The van der Waals surface area contributed by atoms with Crippen molar-refractivity contribution in [2.24, 2.45) is 0 Å². The highest BCUT2D eigenvalue weighted by molar-refractivity contribution is 6.30. The molecule has 0 saturated heterocycles. The minimum absolute atomic E-state index is 0.294. The molecule has 0 fully saturated rings. The predicted molar refractivity (Wildman–Crippen MR) is 83.8 cm³/mol. The Morgan fingerprint density at radius 3 is 2.62 bits per heavy atom. The Kier molecular flexibility index (Phi) is 3.89. The molecule has 104 valence electrons. The van der Waals surface area contributed by atoms with Crippen LogP contribution in [-0.2, 0) is 16.0 Å². The predicted octanol–water partition coefficient (Wildman–Crippen LogP) is 4.41. The van der Waals surface area contributed by atoms with Crippen molar-refractivity contribution in [3.63, 3.8) is 0 Å². The molecule has 1 heterocycles. The van der Waals surface area contributed by atoms with Crippen molar-refractivity contribution in [2.45, 2.75) is 6.42 Å². The van der Waals surface area contributed by atoms with Gasteiger partial charge in [-0.3, -0.25) is 0 Å². The number of benzene rings is 2. The Morgan fingerprint density at radius 1 is 1.05 bits per heavy atom. The summed E-state index contributed by atoms with van der Waals surface area (Å²) in [6, 6.07) is 17.2. The van der Waals surface area contributed by atoms with E-state index in [1.807, 2.05) is 60.7 Å². The first-order valence-corrected chi connectivity index (χ1v) is 7.02. The molecule has 0 N–H and O–H groups in total. The zero-order chi connectivity index (χ0) is 14.7. The van der Waals surface area contributed by atoms with Gasteiger partial charge in [0.25, 0.3) is 0 Å². The molecule has 0 saturated carbocycles. The maximum atomic E-state index is 11.9. The van der Waals surface area contributed by atoms with E-state index in [0.717, 1.165) is 11.1 Å². The Balaban J connectivity index is 1.81. The zero-order valence-electron chi connectivity index (χ0n) is 11.3. The summed E-state index contributed by atoms with van der Waals surface area (Å²) >= 11 is 5.96. The van der Waals surface area contributed by atoms with Gasteiger partial charge in [0.05, 0.1) is 0 Å². The van der Waals surface area contributed by atoms with Crippen LogP contribution in [0.3, 0.4) is 0 Å². The molecule has 3 heteroatoms. The van der Waals surface area contributed by atoms with Gasteiger partial charge in [-0.1, -0.05) is 54.1 Å². The topological polar surface area (TPSA) is 26.3 Å². The molecule has 0 unspecified atom stereocenters. The van der Waals surface area contributed by atoms with Crippen LogP contribution in [0.2, 0.25) is 5.02 Å². The SMILES string of the molecule is O=C1O/C(=C\c2ccccc2)C=C1Cc1cccc(Cl)c1. The first-order valence-electron chi connectivity index (χ1n) is 6.65. The van der Waals surface area contributed by atoms with E-state index in [9.17, 15) is 4.79 Å². The molecule has 0 radical (unpaired) electrons. The monoisotopic (exact) mass is 296 g/mol. The van der Waals surface area contributed by atoms with E-state index in [1.54, 1.807) is 6.08 Å². The van der Waals surface area contributed by atoms with Crippen LogP contribution >= 0.6 is 11.6 Å². The van der Waals surface area contributed by atoms with Gasteiger partial charge in [-0.05, 0) is 35.4 Å². The number of hydrogen-bond donors (Lipinski definition) is 0. The van der Waals surface area contributed by atoms with E-state index in [-0.39, 0.29) is 5.97 Å². The number of ether oxygens (including phenoxy) is 1. The average Bonchev–Trinajstić information content (AvgIpc) is 2.80. The second-order valence-corrected chi connectivity index (χ2v) is 5.26. The van der Waals surface area contributed by atoms with Gasteiger partial charge in [0.15, 0.2) is 0 Å². The van der Waals surface area contributed by atoms with E-state index in [4.69, 9.17) is 16.3 Å². The van der Waals surface area contributed by atoms with Crippen LogP contribution in [0.25, 0.3) is 6.08 Å². The Morgan fingerprint density at radius 2 is 1.86 bits per heavy atom. The van der Waals surface area contributed by atoms with Crippen LogP contribution < -0.4 is 0 Å². The van der Waals surface area contributed by atoms with E-state index >= 15 is 0 Å². The molecule has 0 spiro atoms. The lowest BCUT2D eigenvalue weighted by Gasteiger charge is -2.00. The van der Waals surface area contributed by atoms with Crippen molar-refractivity contribution >= 4 is 23.6 Å². The molecule has 3 rings (SSSR count). The molecule has 0 amide bonds. The third-order valence-corrected chi connectivity index (χ3v) is 3.42. The van der Waals surface area contributed by atoms with Gasteiger partial charge < -0.3 is 4.74 Å². The smallest absolute Gasteiger partial charge is 0.339 e. The van der Waals surface area contributed by atoms with Crippen molar-refractivity contribution in [3.05, 3.63) is 88.2 Å². The highest BCUT2D eigenvalue weighted by Gasteiger charge is 2.21. The van der Waals surface area contributed by atoms with Crippen LogP contribution in [-0.4, -0.2) is 5.97 Å². The number of esters is 1. The molecule has 2 aromatic rings. The van der Waals surface area contributed by atoms with Gasteiger partial charge >= 0.3 is 5.97 Å². The fourth-order valence-corrected chi connectivity index (χ4v) is 2.42. The summed E-state index contributed by atoms with van der Waals surface area (Å²) in [5, 5.41) is 0.666. The summed E-state index contributed by atoms with van der Waals surface area (Å²) in [6.45, 7) is 0. The summed E-state index contributed by atoms with van der Waals surface area (Å²) in [7, 11) is 0. The molecule has 1 aliphatic heterocycles. The molecular formula is C18H13ClO2. The maximum absolute atomic E-state index is 11.9. The van der Waals surface area contributed by atoms with E-state index in [2.05, 4.69) is 0 Å². The van der Waals surface area contributed by atoms with Gasteiger partial charge in [0, 0.05) is 17.0 Å². The van der Waals surface area contributed by atoms with Crippen LogP contribution in [0.1, 0.15) is 11.1 Å². The fourth-order valence-electron chi connectivity index (χ4n) is 2.21. The van der Waals surface area contributed by atoms with Crippen LogP contribution in [0.15, 0.2) is 72.0 Å². The number of allylic oxidation sites excluding steroid dienone is 1. The number of carbonyl (C=O) groups excluding carboxylic acids is 1. The lowest BCUT2D eigenvalue weighted by molar-refractivity contribution is -0.133. The molecule has 2 aromatic carbocycles. The van der Waals surface area contributed by atoms with E-state index in [0.29, 0.717) is 22.8 Å². The summed E-state index contributed by atoms with van der Waals surface area (Å²) in [4.78, 5) is 11.9. The lowest BCUT2D eigenvalue weighted by atomic mass is 10.1. The van der Waals surface area contributed by atoms with Crippen LogP contribution in [0.4, 0.5) is 0 Å². The second kappa shape index (κ2) is 5.98. The maximum Gasteiger partial charge on any atom is 0.339 e. The molecule has 0 aromatic heterocycles. The van der Waals surface area contributed by atoms with Crippen molar-refractivity contribution in [1.82, 2.24) is 0 Å². The number of cyclic esters (lactones) is 1. The van der Waals surface area contributed by atoms with Gasteiger partial charge in [0.2, 0.25) is 0 Å². The minimum atomic E-state index is -0.294. The Labute approximate surface area is 128 Å². The van der Waals surface area contributed by atoms with Crippen molar-refractivity contribution < 1.29 is 9.53 Å². The molecule has 1 aliphatic rings. The molecule has 0 bridgehead atoms. The standard InChI is InChI=1S/C18H13ClO2/c19-16-8-4-7-14(10-16)9-15-12-17(21-18(15)20)11-13-5-2-1-3-6-13/h1-8,10-12H,9H2/b17-11-. The van der Waals surface area contributed by atoms with Crippen molar-refractivity contribution in [1.29, 1.82) is 0 Å². The average molecular weight is 297 g/mol. The highest BCUT2D eigenvalue weighted by atomic mass is 35.5. The lowest BCUT2D eigenvalue weighted by Crippen LogP contribution is -2.01. The Hall–Kier alpha value is -2.32. The number of carbonyl (C=O) groups is 1. The van der Waals surface area contributed by atoms with Gasteiger partial charge in [-0.2, -0.15) is 0 Å². The molecule has 2 nitrogen and oxygen atoms in total. The first-order chi connectivity index (χ1) is 10.2. The van der Waals surface area contributed by atoms with E-state index < -0.39 is 0 Å². The van der Waals surface area contributed by atoms with Crippen LogP contribution in [0, 0.1) is 0 Å². The second-order valence-electron chi connectivity index (χ2n) is 4.82. The Bertz CT molecular complexity index is 730. The van der Waals surface area contributed by atoms with Crippen molar-refractivity contribution in [2.75, 3.05) is 0 Å². The van der Waals surface area contributed by atoms with Crippen molar-refractivity contribution in [3.8, 4) is 0 Å². The fraction of sp³-hybridized carbons (Fsp3) is 0.0556. The number of rotatable bonds is 3. The third-order valence-electron chi connectivity index (χ3n) is 3.18. The molecule has 0 aliphatic carbocycles. The summed E-state index contributed by atoms with van der Waals surface area (Å²) in [5.41, 5.74) is 2.63. The third kappa shape index (κ3) is 3.41. The molecule has 21 heavy (non-hydrogen) atoms. The highest BCUT2D eigenvalue weighted by Crippen LogP contribution is 2.23. The molecular weight excluding hydrogens is 284 g/mol. The molecule has 0 atom stereocenters.